The van der Waals surface area contributed by atoms with Gasteiger partial charge in [-0.05, 0) is 44.9 Å². The van der Waals surface area contributed by atoms with Gasteiger partial charge in [-0.3, -0.25) is 4.79 Å². The standard InChI is InChI=1S/C45H85NO10/c1-3-5-7-9-11-13-14-15-16-17-18-19-20-21-22-23-25-27-29-31-33-38(49)44(54)46-36(35-55-45-43(53)42(52)41(51)39(34-47)56-45)40(50)37(48)32-30-28-26-24-12-10-8-6-4-2/h6,8,24,26,36-43,45,47-53H,3-5,7,9-23,25,27-35H2,1-2H3,(H,46,54)/b8-6+,26-24+. The Morgan fingerprint density at radius 3 is 1.61 bits per heavy atom. The first-order valence-corrected chi connectivity index (χ1v) is 22.7. The smallest absolute Gasteiger partial charge is 0.249 e. The summed E-state index contributed by atoms with van der Waals surface area (Å²) in [5.41, 5.74) is 0. The Labute approximate surface area is 340 Å². The molecule has 1 heterocycles. The van der Waals surface area contributed by atoms with Gasteiger partial charge in [0.05, 0.1) is 25.4 Å². The van der Waals surface area contributed by atoms with Crippen molar-refractivity contribution >= 4 is 5.91 Å². The van der Waals surface area contributed by atoms with Crippen LogP contribution in [0, 0.1) is 0 Å². The molecule has 1 rings (SSSR count). The molecule has 1 aliphatic heterocycles. The number of ether oxygens (including phenoxy) is 2. The Bertz CT molecular complexity index is 965. The predicted molar refractivity (Wildman–Crippen MR) is 224 cm³/mol. The monoisotopic (exact) mass is 800 g/mol. The third-order valence-corrected chi connectivity index (χ3v) is 11.0. The van der Waals surface area contributed by atoms with Gasteiger partial charge in [0.1, 0.15) is 36.6 Å². The average Bonchev–Trinajstić information content (AvgIpc) is 3.20. The summed E-state index contributed by atoms with van der Waals surface area (Å²) >= 11 is 0. The summed E-state index contributed by atoms with van der Waals surface area (Å²) < 4.78 is 11.0. The maximum Gasteiger partial charge on any atom is 0.249 e. The molecule has 8 N–H and O–H groups in total. The number of nitrogens with one attached hydrogen (secondary N) is 1. The number of aliphatic hydroxyl groups excluding tert-OH is 7. The molecule has 0 aromatic rings. The van der Waals surface area contributed by atoms with Crippen LogP contribution in [0.1, 0.15) is 187 Å². The van der Waals surface area contributed by atoms with Crippen LogP contribution in [0.2, 0.25) is 0 Å². The summed E-state index contributed by atoms with van der Waals surface area (Å²) in [5.74, 6) is -0.712. The van der Waals surface area contributed by atoms with Crippen LogP contribution in [0.25, 0.3) is 0 Å². The lowest BCUT2D eigenvalue weighted by atomic mass is 9.98. The van der Waals surface area contributed by atoms with Crippen molar-refractivity contribution in [2.24, 2.45) is 0 Å². The van der Waals surface area contributed by atoms with Crippen LogP contribution in [0.15, 0.2) is 24.3 Å². The number of amides is 1. The molecular weight excluding hydrogens is 714 g/mol. The van der Waals surface area contributed by atoms with E-state index in [1.54, 1.807) is 0 Å². The van der Waals surface area contributed by atoms with Crippen molar-refractivity contribution in [2.45, 2.75) is 242 Å². The first-order valence-electron chi connectivity index (χ1n) is 22.7. The van der Waals surface area contributed by atoms with Crippen LogP contribution in [-0.2, 0) is 14.3 Å². The van der Waals surface area contributed by atoms with E-state index in [0.29, 0.717) is 19.3 Å². The van der Waals surface area contributed by atoms with E-state index in [-0.39, 0.29) is 12.8 Å². The van der Waals surface area contributed by atoms with Crippen molar-refractivity contribution < 1.29 is 50.0 Å². The Morgan fingerprint density at radius 2 is 1.11 bits per heavy atom. The van der Waals surface area contributed by atoms with Crippen LogP contribution < -0.4 is 5.32 Å². The molecule has 11 nitrogen and oxygen atoms in total. The van der Waals surface area contributed by atoms with Gasteiger partial charge in [-0.15, -0.1) is 0 Å². The first kappa shape index (κ1) is 52.6. The number of allylic oxidation sites excluding steroid dienone is 4. The van der Waals surface area contributed by atoms with Gasteiger partial charge >= 0.3 is 0 Å². The highest BCUT2D eigenvalue weighted by atomic mass is 16.7. The molecule has 330 valence electrons. The van der Waals surface area contributed by atoms with Crippen molar-refractivity contribution in [3.63, 3.8) is 0 Å². The molecule has 0 radical (unpaired) electrons. The summed E-state index contributed by atoms with van der Waals surface area (Å²) in [6, 6.07) is -1.18. The molecule has 1 aliphatic rings. The molecule has 0 aromatic carbocycles. The fourth-order valence-electron chi connectivity index (χ4n) is 7.23. The van der Waals surface area contributed by atoms with E-state index in [2.05, 4.69) is 37.4 Å². The molecular formula is C45H85NO10. The van der Waals surface area contributed by atoms with Crippen molar-refractivity contribution in [1.82, 2.24) is 5.32 Å². The van der Waals surface area contributed by atoms with Gasteiger partial charge in [0.2, 0.25) is 5.91 Å². The molecule has 0 saturated carbocycles. The number of unbranched alkanes of at least 4 members (excludes halogenated alkanes) is 21. The van der Waals surface area contributed by atoms with Crippen molar-refractivity contribution in [3.05, 3.63) is 24.3 Å². The Balaban J connectivity index is 2.39. The lowest BCUT2D eigenvalue weighted by Gasteiger charge is -2.40. The van der Waals surface area contributed by atoms with Gasteiger partial charge in [0, 0.05) is 0 Å². The second-order valence-electron chi connectivity index (χ2n) is 16.1. The molecule has 0 aromatic heterocycles. The molecule has 0 spiro atoms. The summed E-state index contributed by atoms with van der Waals surface area (Å²) in [4.78, 5) is 13.0. The van der Waals surface area contributed by atoms with E-state index in [4.69, 9.17) is 9.47 Å². The molecule has 0 aliphatic carbocycles. The third kappa shape index (κ3) is 25.2. The number of aliphatic hydroxyl groups is 7. The molecule has 11 heteroatoms. The molecule has 0 bridgehead atoms. The molecule has 56 heavy (non-hydrogen) atoms. The normalized spacial score (nSPS) is 22.5. The second kappa shape index (κ2) is 35.5. The van der Waals surface area contributed by atoms with E-state index in [9.17, 15) is 40.5 Å². The number of carbonyl (C=O) groups excluding carboxylic acids is 1. The summed E-state index contributed by atoms with van der Waals surface area (Å²) in [6.07, 6.45) is 26.9. The quantitative estimate of drug-likeness (QED) is 0.0239. The highest BCUT2D eigenvalue weighted by Gasteiger charge is 2.44. The Hall–Kier alpha value is -1.41. The molecule has 9 atom stereocenters. The zero-order valence-electron chi connectivity index (χ0n) is 35.4. The second-order valence-corrected chi connectivity index (χ2v) is 16.1. The van der Waals surface area contributed by atoms with Crippen molar-refractivity contribution in [1.29, 1.82) is 0 Å². The number of carbonyl (C=O) groups is 1. The number of rotatable bonds is 37. The maximum atomic E-state index is 13.0. The van der Waals surface area contributed by atoms with Crippen LogP contribution >= 0.6 is 0 Å². The lowest BCUT2D eigenvalue weighted by Crippen LogP contribution is -2.60. The number of hydrogen-bond donors (Lipinski definition) is 8. The Kier molecular flexibility index (Phi) is 33.4. The summed E-state index contributed by atoms with van der Waals surface area (Å²) in [7, 11) is 0. The van der Waals surface area contributed by atoms with E-state index < -0.39 is 74.2 Å². The van der Waals surface area contributed by atoms with Crippen LogP contribution in [0.4, 0.5) is 0 Å². The Morgan fingerprint density at radius 1 is 0.625 bits per heavy atom. The minimum Gasteiger partial charge on any atom is -0.394 e. The van der Waals surface area contributed by atoms with Crippen LogP contribution in [0.5, 0.6) is 0 Å². The van der Waals surface area contributed by atoms with Gasteiger partial charge in [-0.25, -0.2) is 0 Å². The highest BCUT2D eigenvalue weighted by Crippen LogP contribution is 2.23. The average molecular weight is 800 g/mol. The highest BCUT2D eigenvalue weighted by molar-refractivity contribution is 5.80. The lowest BCUT2D eigenvalue weighted by molar-refractivity contribution is -0.303. The van der Waals surface area contributed by atoms with Gasteiger partial charge < -0.3 is 50.5 Å². The minimum absolute atomic E-state index is 0.246. The van der Waals surface area contributed by atoms with E-state index >= 15 is 0 Å². The minimum atomic E-state index is -1.67. The van der Waals surface area contributed by atoms with Crippen molar-refractivity contribution in [2.75, 3.05) is 13.2 Å². The SMILES string of the molecule is CC/C=C/CC/C=C/CCCC(O)C(O)C(COC1OC(CO)C(O)C(O)C1O)NC(=O)C(O)CCCCCCCCCCCCCCCCCCCCCC. The van der Waals surface area contributed by atoms with Crippen molar-refractivity contribution in [3.8, 4) is 0 Å². The zero-order valence-corrected chi connectivity index (χ0v) is 35.4. The van der Waals surface area contributed by atoms with Gasteiger partial charge in [0.25, 0.3) is 0 Å². The summed E-state index contributed by atoms with van der Waals surface area (Å²) in [6.45, 7) is 3.28. The first-order chi connectivity index (χ1) is 27.2. The summed E-state index contributed by atoms with van der Waals surface area (Å²) in [5, 5.41) is 75.3. The maximum absolute atomic E-state index is 13.0. The van der Waals surface area contributed by atoms with E-state index in [1.807, 2.05) is 6.08 Å². The molecule has 9 unspecified atom stereocenters. The van der Waals surface area contributed by atoms with Crippen LogP contribution in [-0.4, -0.2) is 110 Å². The topological polar surface area (TPSA) is 189 Å². The molecule has 1 amide bonds. The fraction of sp³-hybridized carbons (Fsp3) is 0.889. The largest absolute Gasteiger partial charge is 0.394 e. The third-order valence-electron chi connectivity index (χ3n) is 11.0. The van der Waals surface area contributed by atoms with Gasteiger partial charge in [0.15, 0.2) is 6.29 Å². The predicted octanol–water partition coefficient (Wildman–Crippen LogP) is 7.06. The van der Waals surface area contributed by atoms with Crippen LogP contribution in [0.3, 0.4) is 0 Å². The van der Waals surface area contributed by atoms with Gasteiger partial charge in [-0.2, -0.15) is 0 Å². The van der Waals surface area contributed by atoms with E-state index in [1.165, 1.54) is 103 Å². The molecule has 1 saturated heterocycles. The zero-order chi connectivity index (χ0) is 41.2. The van der Waals surface area contributed by atoms with E-state index in [0.717, 1.165) is 38.5 Å². The molecule has 1 fully saturated rings. The van der Waals surface area contributed by atoms with Gasteiger partial charge in [-0.1, -0.05) is 167 Å². The number of hydrogen-bond acceptors (Lipinski definition) is 10. The fourth-order valence-corrected chi connectivity index (χ4v) is 7.23.